The van der Waals surface area contributed by atoms with Gasteiger partial charge in [0, 0.05) is 19.3 Å². The smallest absolute Gasteiger partial charge is 0.254 e. The van der Waals surface area contributed by atoms with Gasteiger partial charge in [0.2, 0.25) is 0 Å². The molecule has 1 atom stereocenters. The molecule has 22 heavy (non-hydrogen) atoms. The zero-order valence-corrected chi connectivity index (χ0v) is 12.9. The molecule has 2 N–H and O–H groups in total. The minimum Gasteiger partial charge on any atom is -0.379 e. The first-order chi connectivity index (χ1) is 10.5. The number of hydrogen-bond acceptors (Lipinski definition) is 4. The van der Waals surface area contributed by atoms with Crippen molar-refractivity contribution >= 4 is 17.5 Å². The van der Waals surface area contributed by atoms with Crippen LogP contribution in [-0.2, 0) is 14.3 Å². The molecule has 0 fully saturated rings. The molecule has 7 heteroatoms. The van der Waals surface area contributed by atoms with Gasteiger partial charge in [-0.05, 0) is 32.0 Å². The first kappa shape index (κ1) is 18.1. The van der Waals surface area contributed by atoms with Gasteiger partial charge in [-0.15, -0.1) is 0 Å². The standard InChI is InChI=1S/C15H21FN2O4/c1-4-21-7-8-22-10(2)14(19)18-11-5-6-13(16)12(9-11)15(20)17-3/h5-6,9-10H,4,7-8H2,1-3H3,(H,17,20)(H,18,19)/t10-/m1/s1. The van der Waals surface area contributed by atoms with Gasteiger partial charge >= 0.3 is 0 Å². The fourth-order valence-electron chi connectivity index (χ4n) is 1.66. The summed E-state index contributed by atoms with van der Waals surface area (Å²) in [5, 5.41) is 4.91. The van der Waals surface area contributed by atoms with Crippen molar-refractivity contribution in [3.63, 3.8) is 0 Å². The monoisotopic (exact) mass is 312 g/mol. The molecule has 2 amide bonds. The lowest BCUT2D eigenvalue weighted by Crippen LogP contribution is -2.29. The van der Waals surface area contributed by atoms with Crippen molar-refractivity contribution in [3.05, 3.63) is 29.6 Å². The van der Waals surface area contributed by atoms with Crippen LogP contribution in [0.4, 0.5) is 10.1 Å². The molecule has 1 aromatic carbocycles. The molecule has 0 aliphatic heterocycles. The molecule has 0 unspecified atom stereocenters. The van der Waals surface area contributed by atoms with Crippen molar-refractivity contribution < 1.29 is 23.5 Å². The zero-order chi connectivity index (χ0) is 16.5. The Hall–Kier alpha value is -1.99. The Morgan fingerprint density at radius 1 is 1.32 bits per heavy atom. The molecule has 0 saturated heterocycles. The van der Waals surface area contributed by atoms with E-state index in [2.05, 4.69) is 10.6 Å². The number of carbonyl (C=O) groups is 2. The maximum atomic E-state index is 13.5. The molecular weight excluding hydrogens is 291 g/mol. The van der Waals surface area contributed by atoms with E-state index in [9.17, 15) is 14.0 Å². The van der Waals surface area contributed by atoms with E-state index in [1.54, 1.807) is 6.92 Å². The number of amides is 2. The van der Waals surface area contributed by atoms with Crippen LogP contribution in [-0.4, -0.2) is 44.8 Å². The van der Waals surface area contributed by atoms with Gasteiger partial charge in [-0.2, -0.15) is 0 Å². The van der Waals surface area contributed by atoms with Crippen LogP contribution in [0.25, 0.3) is 0 Å². The van der Waals surface area contributed by atoms with E-state index in [0.717, 1.165) is 6.07 Å². The fraction of sp³-hybridized carbons (Fsp3) is 0.467. The lowest BCUT2D eigenvalue weighted by atomic mass is 10.1. The molecule has 122 valence electrons. The largest absolute Gasteiger partial charge is 0.379 e. The van der Waals surface area contributed by atoms with Gasteiger partial charge in [-0.3, -0.25) is 9.59 Å². The Morgan fingerprint density at radius 3 is 2.68 bits per heavy atom. The second kappa shape index (κ2) is 9.11. The van der Waals surface area contributed by atoms with Crippen LogP contribution in [0, 0.1) is 5.82 Å². The van der Waals surface area contributed by atoms with Crippen molar-refractivity contribution in [1.29, 1.82) is 0 Å². The maximum Gasteiger partial charge on any atom is 0.254 e. The van der Waals surface area contributed by atoms with Gasteiger partial charge in [0.1, 0.15) is 11.9 Å². The zero-order valence-electron chi connectivity index (χ0n) is 12.9. The number of benzene rings is 1. The molecular formula is C15H21FN2O4. The summed E-state index contributed by atoms with van der Waals surface area (Å²) in [5.74, 6) is -1.60. The van der Waals surface area contributed by atoms with Gasteiger partial charge in [-0.1, -0.05) is 0 Å². The fourth-order valence-corrected chi connectivity index (χ4v) is 1.66. The summed E-state index contributed by atoms with van der Waals surface area (Å²) in [5.41, 5.74) is 0.190. The molecule has 6 nitrogen and oxygen atoms in total. The quantitative estimate of drug-likeness (QED) is 0.714. The third kappa shape index (κ3) is 5.42. The van der Waals surface area contributed by atoms with E-state index in [-0.39, 0.29) is 11.5 Å². The first-order valence-corrected chi connectivity index (χ1v) is 7.01. The Labute approximate surface area is 129 Å². The van der Waals surface area contributed by atoms with Crippen LogP contribution < -0.4 is 10.6 Å². The van der Waals surface area contributed by atoms with Crippen molar-refractivity contribution in [2.24, 2.45) is 0 Å². The van der Waals surface area contributed by atoms with E-state index >= 15 is 0 Å². The van der Waals surface area contributed by atoms with Gasteiger partial charge in [-0.25, -0.2) is 4.39 Å². The number of anilines is 1. The molecule has 0 aliphatic carbocycles. The molecule has 1 rings (SSSR count). The molecule has 0 saturated carbocycles. The minimum atomic E-state index is -0.686. The van der Waals surface area contributed by atoms with Crippen LogP contribution in [0.15, 0.2) is 18.2 Å². The Morgan fingerprint density at radius 2 is 2.05 bits per heavy atom. The van der Waals surface area contributed by atoms with Crippen LogP contribution >= 0.6 is 0 Å². The number of ether oxygens (including phenoxy) is 2. The van der Waals surface area contributed by atoms with E-state index in [1.807, 2.05) is 6.92 Å². The molecule has 0 bridgehead atoms. The lowest BCUT2D eigenvalue weighted by Gasteiger charge is -2.14. The second-order valence-electron chi connectivity index (χ2n) is 4.47. The molecule has 0 aliphatic rings. The predicted molar refractivity (Wildman–Crippen MR) is 80.3 cm³/mol. The van der Waals surface area contributed by atoms with E-state index in [0.29, 0.717) is 25.5 Å². The highest BCUT2D eigenvalue weighted by Gasteiger charge is 2.16. The molecule has 0 heterocycles. The number of nitrogens with one attached hydrogen (secondary N) is 2. The highest BCUT2D eigenvalue weighted by molar-refractivity contribution is 5.98. The molecule has 1 aromatic rings. The van der Waals surface area contributed by atoms with Gasteiger partial charge < -0.3 is 20.1 Å². The van der Waals surface area contributed by atoms with Crippen molar-refractivity contribution in [1.82, 2.24) is 5.32 Å². The SMILES string of the molecule is CCOCCO[C@H](C)C(=O)Nc1ccc(F)c(C(=O)NC)c1. The number of carbonyl (C=O) groups excluding carboxylic acids is 2. The van der Waals surface area contributed by atoms with E-state index < -0.39 is 17.8 Å². The average Bonchev–Trinajstić information content (AvgIpc) is 2.52. The average molecular weight is 312 g/mol. The summed E-state index contributed by atoms with van der Waals surface area (Å²) in [6.07, 6.45) is -0.686. The van der Waals surface area contributed by atoms with Gasteiger partial charge in [0.15, 0.2) is 0 Å². The molecule has 0 radical (unpaired) electrons. The van der Waals surface area contributed by atoms with Crippen LogP contribution in [0.5, 0.6) is 0 Å². The number of hydrogen-bond donors (Lipinski definition) is 2. The maximum absolute atomic E-state index is 13.5. The Bertz CT molecular complexity index is 522. The third-order valence-corrected chi connectivity index (χ3v) is 2.87. The normalized spacial score (nSPS) is 11.8. The Kier molecular flexibility index (Phi) is 7.48. The van der Waals surface area contributed by atoms with Crippen LogP contribution in [0.3, 0.4) is 0 Å². The molecule has 0 aromatic heterocycles. The summed E-state index contributed by atoms with van der Waals surface area (Å²) in [4.78, 5) is 23.4. The summed E-state index contributed by atoms with van der Waals surface area (Å²) in [6, 6.07) is 3.78. The number of halogens is 1. The van der Waals surface area contributed by atoms with Crippen molar-refractivity contribution in [2.75, 3.05) is 32.2 Å². The summed E-state index contributed by atoms with van der Waals surface area (Å²) in [6.45, 7) is 4.77. The van der Waals surface area contributed by atoms with Crippen LogP contribution in [0.2, 0.25) is 0 Å². The van der Waals surface area contributed by atoms with Gasteiger partial charge in [0.25, 0.3) is 11.8 Å². The summed E-state index contributed by atoms with van der Waals surface area (Å²) < 4.78 is 23.9. The summed E-state index contributed by atoms with van der Waals surface area (Å²) in [7, 11) is 1.40. The number of rotatable bonds is 8. The lowest BCUT2D eigenvalue weighted by molar-refractivity contribution is -0.127. The predicted octanol–water partition coefficient (Wildman–Crippen LogP) is 1.57. The van der Waals surface area contributed by atoms with Crippen molar-refractivity contribution in [2.45, 2.75) is 20.0 Å². The minimum absolute atomic E-state index is 0.134. The highest BCUT2D eigenvalue weighted by atomic mass is 19.1. The summed E-state index contributed by atoms with van der Waals surface area (Å²) >= 11 is 0. The Balaban J connectivity index is 2.62. The second-order valence-corrected chi connectivity index (χ2v) is 4.47. The van der Waals surface area contributed by atoms with Gasteiger partial charge in [0.05, 0.1) is 18.8 Å². The first-order valence-electron chi connectivity index (χ1n) is 7.01. The van der Waals surface area contributed by atoms with Crippen molar-refractivity contribution in [3.8, 4) is 0 Å². The third-order valence-electron chi connectivity index (χ3n) is 2.87. The van der Waals surface area contributed by atoms with E-state index in [4.69, 9.17) is 9.47 Å². The topological polar surface area (TPSA) is 76.7 Å². The highest BCUT2D eigenvalue weighted by Crippen LogP contribution is 2.15. The van der Waals surface area contributed by atoms with Crippen LogP contribution in [0.1, 0.15) is 24.2 Å². The molecule has 0 spiro atoms. The van der Waals surface area contributed by atoms with E-state index in [1.165, 1.54) is 19.2 Å².